The number of pyridine rings is 1. The van der Waals surface area contributed by atoms with E-state index in [2.05, 4.69) is 10.3 Å². The number of benzene rings is 1. The van der Waals surface area contributed by atoms with Crippen LogP contribution >= 0.6 is 0 Å². The molecule has 0 aliphatic heterocycles. The Kier molecular flexibility index (Phi) is 3.35. The fourth-order valence-corrected chi connectivity index (χ4v) is 1.50. The minimum Gasteiger partial charge on any atom is -0.396 e. The van der Waals surface area contributed by atoms with Crippen molar-refractivity contribution in [3.05, 3.63) is 54.4 Å². The van der Waals surface area contributed by atoms with Crippen LogP contribution in [0.25, 0.3) is 0 Å². The highest BCUT2D eigenvalue weighted by molar-refractivity contribution is 5.94. The first-order valence-electron chi connectivity index (χ1n) is 5.29. The van der Waals surface area contributed by atoms with Gasteiger partial charge in [0.1, 0.15) is 0 Å². The SMILES string of the molecule is Nc1cnccc1NC(=O)Cc1ccccc1. The highest BCUT2D eigenvalue weighted by atomic mass is 16.1. The van der Waals surface area contributed by atoms with Crippen molar-refractivity contribution >= 4 is 17.3 Å². The van der Waals surface area contributed by atoms with Crippen molar-refractivity contribution < 1.29 is 4.79 Å². The van der Waals surface area contributed by atoms with Crippen LogP contribution in [-0.2, 0) is 11.2 Å². The molecule has 1 aromatic carbocycles. The molecule has 1 aromatic heterocycles. The summed E-state index contributed by atoms with van der Waals surface area (Å²) in [5.74, 6) is -0.0888. The van der Waals surface area contributed by atoms with Crippen LogP contribution in [0.4, 0.5) is 11.4 Å². The van der Waals surface area contributed by atoms with Gasteiger partial charge in [-0.05, 0) is 11.6 Å². The predicted octanol–water partition coefficient (Wildman–Crippen LogP) is 1.85. The zero-order valence-corrected chi connectivity index (χ0v) is 9.26. The Labute approximate surface area is 99.5 Å². The normalized spacial score (nSPS) is 9.88. The molecule has 1 heterocycles. The maximum atomic E-state index is 11.7. The average Bonchev–Trinajstić information content (AvgIpc) is 2.33. The number of rotatable bonds is 3. The fourth-order valence-electron chi connectivity index (χ4n) is 1.50. The van der Waals surface area contributed by atoms with Gasteiger partial charge < -0.3 is 11.1 Å². The molecule has 0 aliphatic carbocycles. The van der Waals surface area contributed by atoms with Gasteiger partial charge >= 0.3 is 0 Å². The summed E-state index contributed by atoms with van der Waals surface area (Å²) in [5.41, 5.74) is 7.72. The number of anilines is 2. The molecule has 0 bridgehead atoms. The zero-order valence-electron chi connectivity index (χ0n) is 9.26. The van der Waals surface area contributed by atoms with E-state index in [9.17, 15) is 4.79 Å². The maximum absolute atomic E-state index is 11.7. The van der Waals surface area contributed by atoms with Gasteiger partial charge in [-0.15, -0.1) is 0 Å². The third-order valence-corrected chi connectivity index (χ3v) is 2.33. The van der Waals surface area contributed by atoms with Crippen LogP contribution in [0.5, 0.6) is 0 Å². The Morgan fingerprint density at radius 1 is 1.24 bits per heavy atom. The molecule has 0 saturated carbocycles. The molecule has 0 radical (unpaired) electrons. The number of carbonyl (C=O) groups is 1. The predicted molar refractivity (Wildman–Crippen MR) is 67.4 cm³/mol. The number of nitrogen functional groups attached to an aromatic ring is 1. The van der Waals surface area contributed by atoms with Crippen molar-refractivity contribution in [2.45, 2.75) is 6.42 Å². The number of aromatic nitrogens is 1. The van der Waals surface area contributed by atoms with Crippen molar-refractivity contribution in [1.82, 2.24) is 4.98 Å². The minimum atomic E-state index is -0.0888. The van der Waals surface area contributed by atoms with Crippen molar-refractivity contribution in [3.8, 4) is 0 Å². The molecule has 0 spiro atoms. The van der Waals surface area contributed by atoms with Gasteiger partial charge in [0.25, 0.3) is 0 Å². The molecular formula is C13H13N3O. The summed E-state index contributed by atoms with van der Waals surface area (Å²) >= 11 is 0. The minimum absolute atomic E-state index is 0.0888. The number of hydrogen-bond acceptors (Lipinski definition) is 3. The van der Waals surface area contributed by atoms with E-state index in [0.29, 0.717) is 17.8 Å². The van der Waals surface area contributed by atoms with Crippen molar-refractivity contribution in [2.75, 3.05) is 11.1 Å². The van der Waals surface area contributed by atoms with Crippen LogP contribution in [0.3, 0.4) is 0 Å². The van der Waals surface area contributed by atoms with Gasteiger partial charge in [-0.1, -0.05) is 30.3 Å². The van der Waals surface area contributed by atoms with Crippen molar-refractivity contribution in [2.24, 2.45) is 0 Å². The molecule has 0 fully saturated rings. The molecule has 2 aromatic rings. The second kappa shape index (κ2) is 5.12. The maximum Gasteiger partial charge on any atom is 0.228 e. The van der Waals surface area contributed by atoms with Gasteiger partial charge in [-0.3, -0.25) is 9.78 Å². The van der Waals surface area contributed by atoms with Gasteiger partial charge in [-0.2, -0.15) is 0 Å². The molecule has 4 heteroatoms. The number of carbonyl (C=O) groups excluding carboxylic acids is 1. The van der Waals surface area contributed by atoms with Crippen molar-refractivity contribution in [1.29, 1.82) is 0 Å². The van der Waals surface area contributed by atoms with E-state index < -0.39 is 0 Å². The quantitative estimate of drug-likeness (QED) is 0.840. The van der Waals surface area contributed by atoms with E-state index in [1.807, 2.05) is 30.3 Å². The van der Waals surface area contributed by atoms with E-state index in [0.717, 1.165) is 5.56 Å². The summed E-state index contributed by atoms with van der Waals surface area (Å²) in [4.78, 5) is 15.6. The first-order valence-corrected chi connectivity index (χ1v) is 5.29. The van der Waals surface area contributed by atoms with Gasteiger partial charge in [0, 0.05) is 6.20 Å². The number of nitrogens with two attached hydrogens (primary N) is 1. The summed E-state index contributed by atoms with van der Waals surface area (Å²) in [7, 11) is 0. The summed E-state index contributed by atoms with van der Waals surface area (Å²) in [5, 5.41) is 2.75. The summed E-state index contributed by atoms with van der Waals surface area (Å²) in [6.07, 6.45) is 3.44. The number of nitrogens with one attached hydrogen (secondary N) is 1. The van der Waals surface area contributed by atoms with Gasteiger partial charge in [0.05, 0.1) is 24.0 Å². The second-order valence-electron chi connectivity index (χ2n) is 3.67. The molecular weight excluding hydrogens is 214 g/mol. The molecule has 0 atom stereocenters. The van der Waals surface area contributed by atoms with Crippen LogP contribution in [0, 0.1) is 0 Å². The molecule has 0 saturated heterocycles. The fraction of sp³-hybridized carbons (Fsp3) is 0.0769. The largest absolute Gasteiger partial charge is 0.396 e. The smallest absolute Gasteiger partial charge is 0.228 e. The Balaban J connectivity index is 2.01. The van der Waals surface area contributed by atoms with Gasteiger partial charge in [-0.25, -0.2) is 0 Å². The average molecular weight is 227 g/mol. The van der Waals surface area contributed by atoms with Gasteiger partial charge in [0.2, 0.25) is 5.91 Å². The third kappa shape index (κ3) is 3.04. The number of amides is 1. The Hall–Kier alpha value is -2.36. The number of hydrogen-bond donors (Lipinski definition) is 2. The molecule has 3 N–H and O–H groups in total. The van der Waals surface area contributed by atoms with E-state index in [1.54, 1.807) is 12.3 Å². The lowest BCUT2D eigenvalue weighted by atomic mass is 10.1. The first kappa shape index (κ1) is 11.1. The standard InChI is InChI=1S/C13H13N3O/c14-11-9-15-7-6-12(11)16-13(17)8-10-4-2-1-3-5-10/h1-7,9H,8,14H2,(H,15,16,17). The lowest BCUT2D eigenvalue weighted by Crippen LogP contribution is -2.15. The molecule has 2 rings (SSSR count). The van der Waals surface area contributed by atoms with E-state index in [-0.39, 0.29) is 5.91 Å². The van der Waals surface area contributed by atoms with Crippen LogP contribution in [-0.4, -0.2) is 10.9 Å². The second-order valence-corrected chi connectivity index (χ2v) is 3.67. The third-order valence-electron chi connectivity index (χ3n) is 2.33. The molecule has 86 valence electrons. The van der Waals surface area contributed by atoms with Crippen LogP contribution in [0.15, 0.2) is 48.8 Å². The topological polar surface area (TPSA) is 68.0 Å². The Morgan fingerprint density at radius 3 is 2.71 bits per heavy atom. The lowest BCUT2D eigenvalue weighted by Gasteiger charge is -2.07. The van der Waals surface area contributed by atoms with Crippen LogP contribution in [0.1, 0.15) is 5.56 Å². The molecule has 0 unspecified atom stereocenters. The zero-order chi connectivity index (χ0) is 12.1. The Morgan fingerprint density at radius 2 is 2.00 bits per heavy atom. The number of nitrogens with zero attached hydrogens (tertiary/aromatic N) is 1. The molecule has 17 heavy (non-hydrogen) atoms. The molecule has 1 amide bonds. The van der Waals surface area contributed by atoms with E-state index >= 15 is 0 Å². The summed E-state index contributed by atoms with van der Waals surface area (Å²) < 4.78 is 0. The molecule has 0 aliphatic rings. The first-order chi connectivity index (χ1) is 8.25. The van der Waals surface area contributed by atoms with Crippen molar-refractivity contribution in [3.63, 3.8) is 0 Å². The highest BCUT2D eigenvalue weighted by Crippen LogP contribution is 2.15. The highest BCUT2D eigenvalue weighted by Gasteiger charge is 2.05. The van der Waals surface area contributed by atoms with E-state index in [1.165, 1.54) is 6.20 Å². The summed E-state index contributed by atoms with van der Waals surface area (Å²) in [6.45, 7) is 0. The van der Waals surface area contributed by atoms with E-state index in [4.69, 9.17) is 5.73 Å². The Bertz CT molecular complexity index is 511. The monoisotopic (exact) mass is 227 g/mol. The van der Waals surface area contributed by atoms with Crippen LogP contribution < -0.4 is 11.1 Å². The van der Waals surface area contributed by atoms with Gasteiger partial charge in [0.15, 0.2) is 0 Å². The lowest BCUT2D eigenvalue weighted by molar-refractivity contribution is -0.115. The summed E-state index contributed by atoms with van der Waals surface area (Å²) in [6, 6.07) is 11.2. The van der Waals surface area contributed by atoms with Crippen LogP contribution in [0.2, 0.25) is 0 Å². The molecule has 4 nitrogen and oxygen atoms in total.